The van der Waals surface area contributed by atoms with E-state index >= 15 is 0 Å². The zero-order chi connectivity index (χ0) is 14.1. The molecule has 1 heterocycles. The second-order valence-corrected chi connectivity index (χ2v) is 5.74. The second-order valence-electron chi connectivity index (χ2n) is 5.74. The van der Waals surface area contributed by atoms with Crippen molar-refractivity contribution in [3.05, 3.63) is 69.6 Å². The summed E-state index contributed by atoms with van der Waals surface area (Å²) in [5.41, 5.74) is 4.19. The average Bonchev–Trinajstić information content (AvgIpc) is 2.91. The molecular weight excluding hydrogens is 258 g/mol. The van der Waals surface area contributed by atoms with E-state index in [1.54, 1.807) is 0 Å². The molecule has 2 aliphatic carbocycles. The monoisotopic (exact) mass is 277 g/mol. The number of H-pyrrole nitrogens is 1. The van der Waals surface area contributed by atoms with Crippen LogP contribution in [0.1, 0.15) is 29.5 Å². The molecule has 1 aromatic heterocycles. The van der Waals surface area contributed by atoms with Crippen LogP contribution in [0.2, 0.25) is 0 Å². The van der Waals surface area contributed by atoms with E-state index < -0.39 is 0 Å². The quantitative estimate of drug-likeness (QED) is 0.916. The van der Waals surface area contributed by atoms with Crippen LogP contribution in [-0.4, -0.2) is 4.98 Å². The van der Waals surface area contributed by atoms with Crippen molar-refractivity contribution in [2.75, 3.05) is 0 Å². The molecule has 0 radical (unpaired) electrons. The van der Waals surface area contributed by atoms with E-state index in [-0.39, 0.29) is 0 Å². The molecule has 0 saturated carbocycles. The van der Waals surface area contributed by atoms with Crippen LogP contribution in [0.5, 0.6) is 0 Å². The number of nitrogens with one attached hydrogen (secondary N) is 1. The summed E-state index contributed by atoms with van der Waals surface area (Å²) < 4.78 is 5.93. The number of aromatic nitrogens is 1. The van der Waals surface area contributed by atoms with E-state index in [1.807, 2.05) is 18.2 Å². The molecule has 0 bridgehead atoms. The van der Waals surface area contributed by atoms with Gasteiger partial charge in [0.05, 0.1) is 0 Å². The molecule has 0 amide bonds. The Morgan fingerprint density at radius 3 is 2.81 bits per heavy atom. The summed E-state index contributed by atoms with van der Waals surface area (Å²) in [6.07, 6.45) is 11.3. The number of ether oxygens (including phenoxy) is 1. The Bertz CT molecular complexity index is 796. The SMILES string of the molecule is C1=C(OCc2ccccc2)C=c2[nH]c3c(c2C1)CCCC=3. The van der Waals surface area contributed by atoms with Crippen molar-refractivity contribution in [2.45, 2.75) is 32.3 Å². The van der Waals surface area contributed by atoms with Crippen LogP contribution in [0.25, 0.3) is 12.2 Å². The van der Waals surface area contributed by atoms with Crippen molar-refractivity contribution in [3.8, 4) is 0 Å². The van der Waals surface area contributed by atoms with Crippen molar-refractivity contribution in [1.82, 2.24) is 4.98 Å². The number of aromatic amines is 1. The van der Waals surface area contributed by atoms with E-state index in [1.165, 1.54) is 46.7 Å². The van der Waals surface area contributed by atoms with Crippen molar-refractivity contribution in [3.63, 3.8) is 0 Å². The van der Waals surface area contributed by atoms with Crippen molar-refractivity contribution >= 4 is 12.2 Å². The fraction of sp³-hybridized carbons (Fsp3) is 0.263. The minimum Gasteiger partial charge on any atom is -0.489 e. The fourth-order valence-electron chi connectivity index (χ4n) is 3.21. The van der Waals surface area contributed by atoms with Crippen LogP contribution >= 0.6 is 0 Å². The maximum absolute atomic E-state index is 5.93. The molecule has 0 spiro atoms. The lowest BCUT2D eigenvalue weighted by Crippen LogP contribution is -2.15. The normalized spacial score (nSPS) is 16.1. The Balaban J connectivity index is 1.57. The molecule has 1 aromatic carbocycles. The molecule has 21 heavy (non-hydrogen) atoms. The number of hydrogen-bond acceptors (Lipinski definition) is 1. The minimum atomic E-state index is 0.630. The summed E-state index contributed by atoms with van der Waals surface area (Å²) in [7, 11) is 0. The molecule has 0 unspecified atom stereocenters. The van der Waals surface area contributed by atoms with Crippen molar-refractivity contribution in [1.29, 1.82) is 0 Å². The Morgan fingerprint density at radius 1 is 1.00 bits per heavy atom. The molecule has 4 rings (SSSR count). The van der Waals surface area contributed by atoms with Gasteiger partial charge in [0, 0.05) is 16.8 Å². The Hall–Kier alpha value is -2.22. The van der Waals surface area contributed by atoms with E-state index in [4.69, 9.17) is 4.74 Å². The highest BCUT2D eigenvalue weighted by Gasteiger charge is 2.14. The zero-order valence-electron chi connectivity index (χ0n) is 12.1. The maximum atomic E-state index is 5.93. The van der Waals surface area contributed by atoms with Crippen LogP contribution < -0.4 is 10.7 Å². The standard InChI is InChI=1S/C19H19NO/c1-2-6-14(7-3-1)13-21-15-10-11-17-16-8-4-5-9-18(16)20-19(17)12-15/h1-3,6-7,9-10,12,20H,4-5,8,11,13H2. The van der Waals surface area contributed by atoms with Crippen LogP contribution in [0.15, 0.2) is 42.2 Å². The van der Waals surface area contributed by atoms with Gasteiger partial charge in [0.1, 0.15) is 12.4 Å². The van der Waals surface area contributed by atoms with Gasteiger partial charge in [-0.1, -0.05) is 36.4 Å². The van der Waals surface area contributed by atoms with Gasteiger partial charge < -0.3 is 9.72 Å². The van der Waals surface area contributed by atoms with Crippen LogP contribution in [0.4, 0.5) is 0 Å². The predicted octanol–water partition coefficient (Wildman–Crippen LogP) is 2.57. The number of rotatable bonds is 3. The summed E-state index contributed by atoms with van der Waals surface area (Å²) in [4.78, 5) is 3.55. The second kappa shape index (κ2) is 5.28. The van der Waals surface area contributed by atoms with Gasteiger partial charge in [-0.2, -0.15) is 0 Å². The molecule has 1 N–H and O–H groups in total. The highest BCUT2D eigenvalue weighted by atomic mass is 16.5. The predicted molar refractivity (Wildman–Crippen MR) is 84.9 cm³/mol. The third kappa shape index (κ3) is 2.42. The van der Waals surface area contributed by atoms with E-state index in [2.05, 4.69) is 35.3 Å². The molecule has 0 atom stereocenters. The topological polar surface area (TPSA) is 25.0 Å². The summed E-state index contributed by atoms with van der Waals surface area (Å²) in [6, 6.07) is 10.3. The minimum absolute atomic E-state index is 0.630. The summed E-state index contributed by atoms with van der Waals surface area (Å²) >= 11 is 0. The number of fused-ring (bicyclic) bond motifs is 3. The summed E-state index contributed by atoms with van der Waals surface area (Å²) in [5.74, 6) is 0.977. The zero-order valence-corrected chi connectivity index (χ0v) is 12.1. The maximum Gasteiger partial charge on any atom is 0.118 e. The third-order valence-electron chi connectivity index (χ3n) is 4.31. The first-order valence-electron chi connectivity index (χ1n) is 7.69. The lowest BCUT2D eigenvalue weighted by molar-refractivity contribution is 0.215. The van der Waals surface area contributed by atoms with Crippen molar-refractivity contribution in [2.24, 2.45) is 0 Å². The molecular formula is C19H19NO. The Morgan fingerprint density at radius 2 is 1.90 bits per heavy atom. The average molecular weight is 277 g/mol. The van der Waals surface area contributed by atoms with Gasteiger partial charge in [-0.25, -0.2) is 0 Å². The summed E-state index contributed by atoms with van der Waals surface area (Å²) in [6.45, 7) is 0.630. The lowest BCUT2D eigenvalue weighted by atomic mass is 9.97. The van der Waals surface area contributed by atoms with Gasteiger partial charge in [-0.15, -0.1) is 0 Å². The van der Waals surface area contributed by atoms with Gasteiger partial charge in [0.25, 0.3) is 0 Å². The fourth-order valence-corrected chi connectivity index (χ4v) is 3.21. The van der Waals surface area contributed by atoms with Gasteiger partial charge in [-0.05, 0) is 48.4 Å². The molecule has 0 saturated heterocycles. The summed E-state index contributed by atoms with van der Waals surface area (Å²) in [5, 5.41) is 2.57. The lowest BCUT2D eigenvalue weighted by Gasteiger charge is -2.11. The van der Waals surface area contributed by atoms with Gasteiger partial charge in [0.15, 0.2) is 0 Å². The highest BCUT2D eigenvalue weighted by molar-refractivity contribution is 5.51. The van der Waals surface area contributed by atoms with Crippen LogP contribution in [0, 0.1) is 0 Å². The van der Waals surface area contributed by atoms with Crippen molar-refractivity contribution < 1.29 is 4.74 Å². The molecule has 2 heteroatoms. The molecule has 2 nitrogen and oxygen atoms in total. The Labute approximate surface area is 124 Å². The van der Waals surface area contributed by atoms with Gasteiger partial charge in [0.2, 0.25) is 0 Å². The van der Waals surface area contributed by atoms with Gasteiger partial charge in [-0.3, -0.25) is 0 Å². The number of allylic oxidation sites excluding steroid dienone is 2. The number of benzene rings is 1. The first-order valence-corrected chi connectivity index (χ1v) is 7.69. The molecule has 0 fully saturated rings. The van der Waals surface area contributed by atoms with Gasteiger partial charge >= 0.3 is 0 Å². The van der Waals surface area contributed by atoms with E-state index in [0.29, 0.717) is 6.61 Å². The van der Waals surface area contributed by atoms with E-state index in [9.17, 15) is 0 Å². The third-order valence-corrected chi connectivity index (χ3v) is 4.31. The van der Waals surface area contributed by atoms with Crippen LogP contribution in [-0.2, 0) is 24.2 Å². The molecule has 2 aromatic rings. The first-order chi connectivity index (χ1) is 10.4. The molecule has 2 aliphatic rings. The Kier molecular flexibility index (Phi) is 3.15. The van der Waals surface area contributed by atoms with E-state index in [0.717, 1.165) is 12.2 Å². The smallest absolute Gasteiger partial charge is 0.118 e. The molecule has 106 valence electrons. The highest BCUT2D eigenvalue weighted by Crippen LogP contribution is 2.16. The number of hydrogen-bond donors (Lipinski definition) is 1. The van der Waals surface area contributed by atoms with Crippen LogP contribution in [0.3, 0.4) is 0 Å². The largest absolute Gasteiger partial charge is 0.489 e. The molecule has 0 aliphatic heterocycles. The first kappa shape index (κ1) is 12.5.